The van der Waals surface area contributed by atoms with Crippen LogP contribution in [-0.2, 0) is 9.59 Å². The normalized spacial score (nSPS) is 17.9. The predicted octanol–water partition coefficient (Wildman–Crippen LogP) is 4.41. The Morgan fingerprint density at radius 1 is 1.07 bits per heavy atom. The van der Waals surface area contributed by atoms with E-state index in [9.17, 15) is 9.59 Å². The fraction of sp³-hybridized carbons (Fsp3) is 0.417. The molecule has 154 valence electrons. The maximum Gasteiger partial charge on any atom is 0.225 e. The molecule has 5 nitrogen and oxygen atoms in total. The van der Waals surface area contributed by atoms with Crippen LogP contribution in [0.5, 0.6) is 5.75 Å². The molecule has 2 amide bonds. The van der Waals surface area contributed by atoms with Gasteiger partial charge in [-0.2, -0.15) is 0 Å². The van der Waals surface area contributed by atoms with Crippen molar-refractivity contribution in [1.29, 1.82) is 0 Å². The molecule has 0 unspecified atom stereocenters. The SMILES string of the molecule is COc1ccc([C@@H]2CCCCCN2C(=O)C[C@@H](NC(C)=O)c2ccccc2)cc1. The average Bonchev–Trinajstić information content (AvgIpc) is 3.00. The molecule has 0 bridgehead atoms. The molecule has 0 radical (unpaired) electrons. The first-order valence-electron chi connectivity index (χ1n) is 10.3. The fourth-order valence-electron chi connectivity index (χ4n) is 4.05. The van der Waals surface area contributed by atoms with Crippen molar-refractivity contribution in [3.8, 4) is 5.75 Å². The second kappa shape index (κ2) is 10.1. The Balaban J connectivity index is 1.81. The monoisotopic (exact) mass is 394 g/mol. The number of rotatable bonds is 6. The van der Waals surface area contributed by atoms with Crippen molar-refractivity contribution in [3.05, 3.63) is 65.7 Å². The van der Waals surface area contributed by atoms with Crippen LogP contribution in [0.1, 0.15) is 62.2 Å². The molecule has 1 saturated heterocycles. The highest BCUT2D eigenvalue weighted by molar-refractivity contribution is 5.79. The molecule has 0 aliphatic carbocycles. The number of likely N-dealkylation sites (tertiary alicyclic amines) is 1. The lowest BCUT2D eigenvalue weighted by molar-refractivity contribution is -0.134. The van der Waals surface area contributed by atoms with E-state index in [-0.39, 0.29) is 30.3 Å². The molecule has 3 rings (SSSR count). The summed E-state index contributed by atoms with van der Waals surface area (Å²) in [5, 5.41) is 2.95. The summed E-state index contributed by atoms with van der Waals surface area (Å²) in [5.74, 6) is 0.764. The Labute approximate surface area is 173 Å². The lowest BCUT2D eigenvalue weighted by Crippen LogP contribution is -2.38. The van der Waals surface area contributed by atoms with Gasteiger partial charge in [-0.1, -0.05) is 55.3 Å². The van der Waals surface area contributed by atoms with Crippen LogP contribution in [0.2, 0.25) is 0 Å². The number of nitrogens with one attached hydrogen (secondary N) is 1. The maximum atomic E-state index is 13.4. The molecule has 0 aromatic heterocycles. The number of amides is 2. The zero-order valence-electron chi connectivity index (χ0n) is 17.3. The quantitative estimate of drug-likeness (QED) is 0.790. The molecular weight excluding hydrogens is 364 g/mol. The number of benzene rings is 2. The van der Waals surface area contributed by atoms with E-state index in [1.807, 2.05) is 47.4 Å². The van der Waals surface area contributed by atoms with Crippen molar-refractivity contribution < 1.29 is 14.3 Å². The van der Waals surface area contributed by atoms with E-state index in [1.165, 1.54) is 6.92 Å². The van der Waals surface area contributed by atoms with Gasteiger partial charge in [0.05, 0.1) is 25.6 Å². The molecule has 2 atom stereocenters. The van der Waals surface area contributed by atoms with E-state index in [0.29, 0.717) is 0 Å². The van der Waals surface area contributed by atoms with E-state index in [2.05, 4.69) is 17.4 Å². The minimum absolute atomic E-state index is 0.0599. The van der Waals surface area contributed by atoms with E-state index in [1.54, 1.807) is 7.11 Å². The van der Waals surface area contributed by atoms with Gasteiger partial charge < -0.3 is 15.0 Å². The summed E-state index contributed by atoms with van der Waals surface area (Å²) in [6, 6.07) is 17.5. The van der Waals surface area contributed by atoms with Gasteiger partial charge in [-0.25, -0.2) is 0 Å². The smallest absolute Gasteiger partial charge is 0.225 e. The van der Waals surface area contributed by atoms with Gasteiger partial charge in [0.1, 0.15) is 5.75 Å². The van der Waals surface area contributed by atoms with Crippen molar-refractivity contribution in [2.45, 2.75) is 51.1 Å². The van der Waals surface area contributed by atoms with Crippen LogP contribution in [0.3, 0.4) is 0 Å². The molecule has 5 heteroatoms. The Hall–Kier alpha value is -2.82. The van der Waals surface area contributed by atoms with Gasteiger partial charge >= 0.3 is 0 Å². The lowest BCUT2D eigenvalue weighted by atomic mass is 9.98. The maximum absolute atomic E-state index is 13.4. The van der Waals surface area contributed by atoms with E-state index >= 15 is 0 Å². The summed E-state index contributed by atoms with van der Waals surface area (Å²) in [5.41, 5.74) is 2.09. The Bertz CT molecular complexity index is 805. The number of ether oxygens (including phenoxy) is 1. The first kappa shape index (κ1) is 20.9. The van der Waals surface area contributed by atoms with Crippen LogP contribution in [0.25, 0.3) is 0 Å². The van der Waals surface area contributed by atoms with E-state index in [4.69, 9.17) is 4.74 Å². The predicted molar refractivity (Wildman–Crippen MR) is 114 cm³/mol. The molecule has 2 aromatic rings. The Morgan fingerprint density at radius 2 is 1.79 bits per heavy atom. The third kappa shape index (κ3) is 5.59. The van der Waals surface area contributed by atoms with Gasteiger partial charge in [-0.15, -0.1) is 0 Å². The fourth-order valence-corrected chi connectivity index (χ4v) is 4.05. The Kier molecular flexibility index (Phi) is 7.28. The number of nitrogens with zero attached hydrogens (tertiary/aromatic N) is 1. The van der Waals surface area contributed by atoms with Gasteiger partial charge in [-0.05, 0) is 36.1 Å². The van der Waals surface area contributed by atoms with Gasteiger partial charge in [0.25, 0.3) is 0 Å². The van der Waals surface area contributed by atoms with Crippen LogP contribution in [-0.4, -0.2) is 30.4 Å². The number of methoxy groups -OCH3 is 1. The third-order valence-electron chi connectivity index (χ3n) is 5.53. The number of hydrogen-bond acceptors (Lipinski definition) is 3. The van der Waals surface area contributed by atoms with Gasteiger partial charge in [-0.3, -0.25) is 9.59 Å². The molecule has 0 saturated carbocycles. The molecule has 2 aromatic carbocycles. The molecule has 1 heterocycles. The van der Waals surface area contributed by atoms with E-state index < -0.39 is 0 Å². The van der Waals surface area contributed by atoms with Crippen LogP contribution in [0, 0.1) is 0 Å². The summed E-state index contributed by atoms with van der Waals surface area (Å²) < 4.78 is 5.27. The minimum Gasteiger partial charge on any atom is -0.497 e. The minimum atomic E-state index is -0.319. The largest absolute Gasteiger partial charge is 0.497 e. The lowest BCUT2D eigenvalue weighted by Gasteiger charge is -2.32. The van der Waals surface area contributed by atoms with Crippen LogP contribution < -0.4 is 10.1 Å². The molecule has 29 heavy (non-hydrogen) atoms. The van der Waals surface area contributed by atoms with Crippen LogP contribution in [0.4, 0.5) is 0 Å². The van der Waals surface area contributed by atoms with Crippen LogP contribution >= 0.6 is 0 Å². The summed E-state index contributed by atoms with van der Waals surface area (Å²) in [4.78, 5) is 27.1. The van der Waals surface area contributed by atoms with Crippen molar-refractivity contribution in [2.24, 2.45) is 0 Å². The number of hydrogen-bond donors (Lipinski definition) is 1. The first-order valence-corrected chi connectivity index (χ1v) is 10.3. The highest BCUT2D eigenvalue weighted by Gasteiger charge is 2.29. The summed E-state index contributed by atoms with van der Waals surface area (Å²) in [6.45, 7) is 2.24. The molecule has 1 aliphatic rings. The van der Waals surface area contributed by atoms with Crippen LogP contribution in [0.15, 0.2) is 54.6 Å². The first-order chi connectivity index (χ1) is 14.1. The standard InChI is InChI=1S/C24H30N2O3/c1-18(27)25-22(19-9-5-3-6-10-19)17-24(28)26-16-8-4-7-11-23(26)20-12-14-21(29-2)15-13-20/h3,5-6,9-10,12-15,22-23H,4,7-8,11,16-17H2,1-2H3,(H,25,27)/t22-,23+/m1/s1. The summed E-state index contributed by atoms with van der Waals surface area (Å²) in [6.07, 6.45) is 4.46. The summed E-state index contributed by atoms with van der Waals surface area (Å²) in [7, 11) is 1.65. The van der Waals surface area contributed by atoms with E-state index in [0.717, 1.165) is 49.1 Å². The highest BCUT2D eigenvalue weighted by Crippen LogP contribution is 2.32. The number of carbonyl (C=O) groups excluding carboxylic acids is 2. The second-order valence-corrected chi connectivity index (χ2v) is 7.59. The third-order valence-corrected chi connectivity index (χ3v) is 5.53. The highest BCUT2D eigenvalue weighted by atomic mass is 16.5. The van der Waals surface area contributed by atoms with Gasteiger partial charge in [0.15, 0.2) is 0 Å². The zero-order valence-corrected chi connectivity index (χ0v) is 17.3. The average molecular weight is 395 g/mol. The molecule has 1 N–H and O–H groups in total. The van der Waals surface area contributed by atoms with Crippen molar-refractivity contribution in [1.82, 2.24) is 10.2 Å². The second-order valence-electron chi connectivity index (χ2n) is 7.59. The van der Waals surface area contributed by atoms with Crippen molar-refractivity contribution in [2.75, 3.05) is 13.7 Å². The topological polar surface area (TPSA) is 58.6 Å². The van der Waals surface area contributed by atoms with Gasteiger partial charge in [0.2, 0.25) is 11.8 Å². The molecular formula is C24H30N2O3. The number of carbonyl (C=O) groups is 2. The summed E-state index contributed by atoms with van der Waals surface area (Å²) >= 11 is 0. The molecule has 1 aliphatic heterocycles. The molecule has 1 fully saturated rings. The van der Waals surface area contributed by atoms with Crippen molar-refractivity contribution in [3.63, 3.8) is 0 Å². The van der Waals surface area contributed by atoms with Crippen molar-refractivity contribution >= 4 is 11.8 Å². The Morgan fingerprint density at radius 3 is 2.45 bits per heavy atom. The molecule has 0 spiro atoms. The van der Waals surface area contributed by atoms with Gasteiger partial charge in [0, 0.05) is 13.5 Å². The zero-order chi connectivity index (χ0) is 20.6.